The van der Waals surface area contributed by atoms with E-state index >= 15 is 0 Å². The molecule has 0 aliphatic carbocycles. The van der Waals surface area contributed by atoms with Crippen LogP contribution < -0.4 is 13.9 Å². The molecule has 2 aromatic carbocycles. The van der Waals surface area contributed by atoms with Crippen molar-refractivity contribution < 1.29 is 13.2 Å². The fraction of sp³-hybridized carbons (Fsp3) is 0.333. The van der Waals surface area contributed by atoms with Crippen LogP contribution in [-0.2, 0) is 14.9 Å². The molecule has 7 heteroatoms. The number of benzene rings is 2. The van der Waals surface area contributed by atoms with Gasteiger partial charge in [0, 0.05) is 19.6 Å². The summed E-state index contributed by atoms with van der Waals surface area (Å²) in [5.74, 6) is 0. The van der Waals surface area contributed by atoms with Gasteiger partial charge < -0.3 is 10.1 Å². The summed E-state index contributed by atoms with van der Waals surface area (Å²) in [6.45, 7) is 2.68. The standard InChI is InChI=1S/C18H21N3O3S/c22-25(23)20(12-10-16-14-19-11-13-24-16)17-8-4-5-9-18(17)21(25)15-6-2-1-3-7-15/h1-9,16,19H,10-14H2/t16-/m1/s1. The monoisotopic (exact) mass is 359 g/mol. The number of morpholine rings is 1. The fourth-order valence-electron chi connectivity index (χ4n) is 3.33. The number of hydrogen-bond acceptors (Lipinski definition) is 4. The summed E-state index contributed by atoms with van der Waals surface area (Å²) in [7, 11) is -3.65. The minimum absolute atomic E-state index is 0.0434. The Labute approximate surface area is 148 Å². The second-order valence-electron chi connectivity index (χ2n) is 6.15. The number of nitrogens with zero attached hydrogens (tertiary/aromatic N) is 2. The topological polar surface area (TPSA) is 61.9 Å². The van der Waals surface area contributed by atoms with Crippen LogP contribution in [0.4, 0.5) is 17.1 Å². The average Bonchev–Trinajstić information content (AvgIpc) is 2.87. The van der Waals surface area contributed by atoms with E-state index in [1.54, 1.807) is 0 Å². The number of nitrogens with one attached hydrogen (secondary N) is 1. The summed E-state index contributed by atoms with van der Waals surface area (Å²) < 4.78 is 35.1. The Morgan fingerprint density at radius 2 is 1.76 bits per heavy atom. The van der Waals surface area contributed by atoms with Crippen LogP contribution >= 0.6 is 0 Å². The molecule has 0 radical (unpaired) electrons. The van der Waals surface area contributed by atoms with Crippen LogP contribution in [0.3, 0.4) is 0 Å². The second-order valence-corrected chi connectivity index (χ2v) is 7.86. The normalized spacial score (nSPS) is 22.0. The quantitative estimate of drug-likeness (QED) is 0.910. The highest BCUT2D eigenvalue weighted by Gasteiger charge is 2.41. The van der Waals surface area contributed by atoms with E-state index in [-0.39, 0.29) is 6.10 Å². The third-order valence-electron chi connectivity index (χ3n) is 4.53. The first-order chi connectivity index (χ1) is 12.2. The van der Waals surface area contributed by atoms with Crippen molar-refractivity contribution in [2.45, 2.75) is 12.5 Å². The lowest BCUT2D eigenvalue weighted by Crippen LogP contribution is -2.42. The summed E-state index contributed by atoms with van der Waals surface area (Å²) in [4.78, 5) is 0. The molecule has 2 heterocycles. The molecule has 0 aromatic heterocycles. The highest BCUT2D eigenvalue weighted by molar-refractivity contribution is 7.95. The Morgan fingerprint density at radius 3 is 2.48 bits per heavy atom. The predicted molar refractivity (Wildman–Crippen MR) is 98.5 cm³/mol. The van der Waals surface area contributed by atoms with Gasteiger partial charge in [0.2, 0.25) is 0 Å². The van der Waals surface area contributed by atoms with Gasteiger partial charge in [-0.05, 0) is 30.7 Å². The SMILES string of the molecule is O=S1(=O)N(CC[C@@H]2CNCCO2)c2ccccc2N1c1ccccc1. The molecule has 0 amide bonds. The first-order valence-corrected chi connectivity index (χ1v) is 9.87. The van der Waals surface area contributed by atoms with E-state index in [1.165, 1.54) is 8.61 Å². The Balaban J connectivity index is 1.65. The molecule has 6 nitrogen and oxygen atoms in total. The number of rotatable bonds is 4. The number of anilines is 3. The zero-order chi connectivity index (χ0) is 17.3. The van der Waals surface area contributed by atoms with E-state index in [0.717, 1.165) is 18.8 Å². The number of fused-ring (bicyclic) bond motifs is 1. The van der Waals surface area contributed by atoms with Gasteiger partial charge in [0.15, 0.2) is 0 Å². The zero-order valence-electron chi connectivity index (χ0n) is 13.8. The highest BCUT2D eigenvalue weighted by Crippen LogP contribution is 2.45. The zero-order valence-corrected chi connectivity index (χ0v) is 14.7. The van der Waals surface area contributed by atoms with Crippen LogP contribution in [-0.4, -0.2) is 40.8 Å². The van der Waals surface area contributed by atoms with Gasteiger partial charge in [0.1, 0.15) is 0 Å². The largest absolute Gasteiger partial charge is 0.376 e. The van der Waals surface area contributed by atoms with Gasteiger partial charge >= 0.3 is 10.2 Å². The maximum atomic E-state index is 13.2. The Hall–Kier alpha value is -2.09. The summed E-state index contributed by atoms with van der Waals surface area (Å²) >= 11 is 0. The molecule has 0 spiro atoms. The molecule has 25 heavy (non-hydrogen) atoms. The maximum absolute atomic E-state index is 13.2. The van der Waals surface area contributed by atoms with E-state index in [1.807, 2.05) is 54.6 Å². The third kappa shape index (κ3) is 2.99. The molecule has 4 rings (SSSR count). The molecular formula is C18H21N3O3S. The van der Waals surface area contributed by atoms with Crippen molar-refractivity contribution in [3.8, 4) is 0 Å². The molecule has 1 atom stereocenters. The summed E-state index contributed by atoms with van der Waals surface area (Å²) in [6, 6.07) is 16.6. The predicted octanol–water partition coefficient (Wildman–Crippen LogP) is 2.27. The first-order valence-electron chi connectivity index (χ1n) is 8.47. The van der Waals surface area contributed by atoms with Crippen molar-refractivity contribution in [1.29, 1.82) is 0 Å². The van der Waals surface area contributed by atoms with Crippen molar-refractivity contribution in [2.24, 2.45) is 0 Å². The number of para-hydroxylation sites is 3. The maximum Gasteiger partial charge on any atom is 0.330 e. The van der Waals surface area contributed by atoms with E-state index in [4.69, 9.17) is 4.74 Å². The molecule has 0 unspecified atom stereocenters. The molecule has 2 aliphatic heterocycles. The van der Waals surface area contributed by atoms with E-state index in [2.05, 4.69) is 5.32 Å². The van der Waals surface area contributed by atoms with Crippen molar-refractivity contribution in [1.82, 2.24) is 5.32 Å². The molecule has 0 saturated carbocycles. The first kappa shape index (κ1) is 16.4. The lowest BCUT2D eigenvalue weighted by Gasteiger charge is -2.26. The summed E-state index contributed by atoms with van der Waals surface area (Å²) in [5.41, 5.74) is 2.06. The van der Waals surface area contributed by atoms with E-state index in [0.29, 0.717) is 30.9 Å². The van der Waals surface area contributed by atoms with Gasteiger partial charge in [0.05, 0.1) is 29.8 Å². The third-order valence-corrected chi connectivity index (χ3v) is 6.33. The molecule has 1 fully saturated rings. The lowest BCUT2D eigenvalue weighted by molar-refractivity contribution is 0.0254. The summed E-state index contributed by atoms with van der Waals surface area (Å²) in [5, 5.41) is 3.28. The molecule has 2 aliphatic rings. The van der Waals surface area contributed by atoms with Crippen molar-refractivity contribution in [2.75, 3.05) is 34.9 Å². The lowest BCUT2D eigenvalue weighted by atomic mass is 10.2. The van der Waals surface area contributed by atoms with Gasteiger partial charge in [0.25, 0.3) is 0 Å². The number of ether oxygens (including phenoxy) is 1. The summed E-state index contributed by atoms with van der Waals surface area (Å²) in [6.07, 6.45) is 0.699. The minimum Gasteiger partial charge on any atom is -0.376 e. The Bertz CT molecular complexity index is 836. The molecule has 1 saturated heterocycles. The number of hydrogen-bond donors (Lipinski definition) is 1. The Kier molecular flexibility index (Phi) is 4.37. The van der Waals surface area contributed by atoms with Crippen molar-refractivity contribution in [3.05, 3.63) is 54.6 Å². The van der Waals surface area contributed by atoms with Crippen molar-refractivity contribution >= 4 is 27.3 Å². The van der Waals surface area contributed by atoms with Gasteiger partial charge in [-0.3, -0.25) is 4.31 Å². The minimum atomic E-state index is -3.65. The van der Waals surface area contributed by atoms with Crippen LogP contribution in [0.15, 0.2) is 54.6 Å². The van der Waals surface area contributed by atoms with Crippen LogP contribution in [0, 0.1) is 0 Å². The van der Waals surface area contributed by atoms with Crippen LogP contribution in [0.1, 0.15) is 6.42 Å². The molecule has 2 aromatic rings. The van der Waals surface area contributed by atoms with E-state index in [9.17, 15) is 8.42 Å². The smallest absolute Gasteiger partial charge is 0.330 e. The fourth-order valence-corrected chi connectivity index (χ4v) is 5.06. The molecule has 132 valence electrons. The second kappa shape index (κ2) is 6.67. The van der Waals surface area contributed by atoms with Gasteiger partial charge in [-0.2, -0.15) is 8.42 Å². The van der Waals surface area contributed by atoms with Gasteiger partial charge in [-0.15, -0.1) is 0 Å². The van der Waals surface area contributed by atoms with Gasteiger partial charge in [-0.1, -0.05) is 30.3 Å². The Morgan fingerprint density at radius 1 is 1.04 bits per heavy atom. The van der Waals surface area contributed by atoms with Crippen molar-refractivity contribution in [3.63, 3.8) is 0 Å². The van der Waals surface area contributed by atoms with E-state index < -0.39 is 10.2 Å². The highest BCUT2D eigenvalue weighted by atomic mass is 32.2. The molecular weight excluding hydrogens is 338 g/mol. The molecule has 0 bridgehead atoms. The molecule has 1 N–H and O–H groups in total. The van der Waals surface area contributed by atoms with Crippen LogP contribution in [0.25, 0.3) is 0 Å². The van der Waals surface area contributed by atoms with Crippen LogP contribution in [0.5, 0.6) is 0 Å². The van der Waals surface area contributed by atoms with Gasteiger partial charge in [-0.25, -0.2) is 4.31 Å². The average molecular weight is 359 g/mol. The van der Waals surface area contributed by atoms with Crippen LogP contribution in [0.2, 0.25) is 0 Å².